The molecule has 0 aliphatic carbocycles. The molecule has 0 saturated carbocycles. The second-order valence-electron chi connectivity index (χ2n) is 5.06. The van der Waals surface area contributed by atoms with Gasteiger partial charge in [0.05, 0.1) is 16.3 Å². The minimum atomic E-state index is -0.698. The van der Waals surface area contributed by atoms with Crippen molar-refractivity contribution < 1.29 is 9.59 Å². The molecule has 0 unspecified atom stereocenters. The van der Waals surface area contributed by atoms with Gasteiger partial charge in [-0.05, 0) is 36.8 Å². The van der Waals surface area contributed by atoms with Gasteiger partial charge < -0.3 is 11.1 Å². The third kappa shape index (κ3) is 3.24. The number of carbonyl (C=O) groups is 2. The Labute approximate surface area is 150 Å². The van der Waals surface area contributed by atoms with Gasteiger partial charge in [0.1, 0.15) is 0 Å². The van der Waals surface area contributed by atoms with Crippen LogP contribution in [-0.2, 0) is 0 Å². The highest BCUT2D eigenvalue weighted by molar-refractivity contribution is 9.10. The first kappa shape index (κ1) is 16.4. The zero-order valence-electron chi connectivity index (χ0n) is 12.6. The van der Waals surface area contributed by atoms with Crippen molar-refractivity contribution in [1.82, 2.24) is 10.2 Å². The van der Waals surface area contributed by atoms with Crippen LogP contribution in [0, 0.1) is 6.92 Å². The SMILES string of the molecule is Cc1[nH]nc(C(N)=O)c1NC(=O)c1ccc(-c2ccc(Br)cc2)s1. The summed E-state index contributed by atoms with van der Waals surface area (Å²) in [4.78, 5) is 25.3. The highest BCUT2D eigenvalue weighted by Gasteiger charge is 2.19. The van der Waals surface area contributed by atoms with Gasteiger partial charge in [-0.3, -0.25) is 14.7 Å². The monoisotopic (exact) mass is 404 g/mol. The second-order valence-corrected chi connectivity index (χ2v) is 7.06. The third-order valence-corrected chi connectivity index (χ3v) is 5.04. The minimum absolute atomic E-state index is 0.0190. The number of rotatable bonds is 4. The van der Waals surface area contributed by atoms with E-state index in [1.807, 2.05) is 30.3 Å². The zero-order valence-corrected chi connectivity index (χ0v) is 15.0. The van der Waals surface area contributed by atoms with Gasteiger partial charge in [0.15, 0.2) is 5.69 Å². The van der Waals surface area contributed by atoms with Crippen LogP contribution in [0.4, 0.5) is 5.69 Å². The molecule has 3 aromatic rings. The molecule has 0 bridgehead atoms. The topological polar surface area (TPSA) is 101 Å². The van der Waals surface area contributed by atoms with Gasteiger partial charge in [-0.1, -0.05) is 28.1 Å². The van der Waals surface area contributed by atoms with E-state index in [2.05, 4.69) is 31.4 Å². The predicted molar refractivity (Wildman–Crippen MR) is 97.3 cm³/mol. The number of hydrogen-bond acceptors (Lipinski definition) is 4. The average Bonchev–Trinajstić information content (AvgIpc) is 3.16. The van der Waals surface area contributed by atoms with Crippen LogP contribution in [0.5, 0.6) is 0 Å². The first-order valence-corrected chi connectivity index (χ1v) is 8.58. The summed E-state index contributed by atoms with van der Waals surface area (Å²) >= 11 is 4.77. The van der Waals surface area contributed by atoms with E-state index in [9.17, 15) is 9.59 Å². The quantitative estimate of drug-likeness (QED) is 0.619. The number of nitrogens with one attached hydrogen (secondary N) is 2. The van der Waals surface area contributed by atoms with Crippen LogP contribution < -0.4 is 11.1 Å². The van der Waals surface area contributed by atoms with Gasteiger partial charge in [0, 0.05) is 9.35 Å². The van der Waals surface area contributed by atoms with Crippen molar-refractivity contribution in [2.24, 2.45) is 5.73 Å². The van der Waals surface area contributed by atoms with Gasteiger partial charge in [-0.15, -0.1) is 11.3 Å². The lowest BCUT2D eigenvalue weighted by atomic mass is 10.2. The van der Waals surface area contributed by atoms with E-state index >= 15 is 0 Å². The number of aromatic nitrogens is 2. The maximum atomic E-state index is 12.4. The molecule has 0 radical (unpaired) electrons. The summed E-state index contributed by atoms with van der Waals surface area (Å²) in [6.45, 7) is 1.71. The van der Waals surface area contributed by atoms with Crippen LogP contribution in [0.3, 0.4) is 0 Å². The number of nitrogens with two attached hydrogens (primary N) is 1. The van der Waals surface area contributed by atoms with E-state index in [1.54, 1.807) is 13.0 Å². The van der Waals surface area contributed by atoms with E-state index in [0.29, 0.717) is 16.3 Å². The van der Waals surface area contributed by atoms with Crippen LogP contribution in [0.2, 0.25) is 0 Å². The van der Waals surface area contributed by atoms with Crippen molar-refractivity contribution in [3.63, 3.8) is 0 Å². The molecular formula is C16H13BrN4O2S. The minimum Gasteiger partial charge on any atom is -0.364 e. The number of thiophene rings is 1. The molecule has 0 aliphatic rings. The fourth-order valence-corrected chi connectivity index (χ4v) is 3.34. The third-order valence-electron chi connectivity index (χ3n) is 3.38. The lowest BCUT2D eigenvalue weighted by Crippen LogP contribution is -2.17. The number of anilines is 1. The predicted octanol–water partition coefficient (Wildman–Crippen LogP) is 3.56. The molecule has 6 nitrogen and oxygen atoms in total. The summed E-state index contributed by atoms with van der Waals surface area (Å²) in [6.07, 6.45) is 0. The summed E-state index contributed by atoms with van der Waals surface area (Å²) in [5, 5.41) is 9.15. The smallest absolute Gasteiger partial charge is 0.271 e. The highest BCUT2D eigenvalue weighted by Crippen LogP contribution is 2.30. The van der Waals surface area contributed by atoms with E-state index in [1.165, 1.54) is 11.3 Å². The number of H-pyrrole nitrogens is 1. The molecule has 24 heavy (non-hydrogen) atoms. The summed E-state index contributed by atoms with van der Waals surface area (Å²) in [5.74, 6) is -1.01. The number of hydrogen-bond donors (Lipinski definition) is 3. The number of benzene rings is 1. The van der Waals surface area contributed by atoms with Crippen LogP contribution in [0.1, 0.15) is 25.9 Å². The Morgan fingerprint density at radius 2 is 1.92 bits per heavy atom. The molecule has 0 spiro atoms. The number of primary amides is 1. The standard InChI is InChI=1S/C16H13BrN4O2S/c1-8-13(14(15(18)22)21-20-8)19-16(23)12-7-6-11(24-12)9-2-4-10(17)5-3-9/h2-7H,1H3,(H2,18,22)(H,19,23)(H,20,21). The molecule has 8 heteroatoms. The van der Waals surface area contributed by atoms with Crippen molar-refractivity contribution in [1.29, 1.82) is 0 Å². The van der Waals surface area contributed by atoms with Crippen LogP contribution in [0.25, 0.3) is 10.4 Å². The highest BCUT2D eigenvalue weighted by atomic mass is 79.9. The number of nitrogens with zero attached hydrogens (tertiary/aromatic N) is 1. The Morgan fingerprint density at radius 1 is 1.21 bits per heavy atom. The Balaban J connectivity index is 1.83. The first-order valence-electron chi connectivity index (χ1n) is 6.97. The summed E-state index contributed by atoms with van der Waals surface area (Å²) < 4.78 is 0.996. The van der Waals surface area contributed by atoms with Crippen LogP contribution >= 0.6 is 27.3 Å². The fraction of sp³-hybridized carbons (Fsp3) is 0.0625. The molecule has 0 atom stereocenters. The molecule has 0 fully saturated rings. The summed E-state index contributed by atoms with van der Waals surface area (Å²) in [5.41, 5.74) is 7.19. The molecule has 2 aromatic heterocycles. The lowest BCUT2D eigenvalue weighted by Gasteiger charge is -2.03. The number of aryl methyl sites for hydroxylation is 1. The van der Waals surface area contributed by atoms with Crippen molar-refractivity contribution >= 4 is 44.8 Å². The average molecular weight is 405 g/mol. The fourth-order valence-electron chi connectivity index (χ4n) is 2.16. The maximum Gasteiger partial charge on any atom is 0.271 e. The molecule has 122 valence electrons. The van der Waals surface area contributed by atoms with Gasteiger partial charge in [0.25, 0.3) is 11.8 Å². The summed E-state index contributed by atoms with van der Waals surface area (Å²) in [7, 11) is 0. The van der Waals surface area contributed by atoms with Crippen molar-refractivity contribution in [2.45, 2.75) is 6.92 Å². The Morgan fingerprint density at radius 3 is 2.58 bits per heavy atom. The largest absolute Gasteiger partial charge is 0.364 e. The molecule has 2 heterocycles. The number of carbonyl (C=O) groups excluding carboxylic acids is 2. The van der Waals surface area contributed by atoms with Crippen molar-refractivity contribution in [3.05, 3.63) is 57.1 Å². The number of amides is 2. The Bertz CT molecular complexity index is 915. The molecule has 0 saturated heterocycles. The van der Waals surface area contributed by atoms with Gasteiger partial charge in [0.2, 0.25) is 0 Å². The molecule has 1 aromatic carbocycles. The van der Waals surface area contributed by atoms with Gasteiger partial charge in [-0.2, -0.15) is 5.10 Å². The van der Waals surface area contributed by atoms with Gasteiger partial charge in [-0.25, -0.2) is 0 Å². The molecular weight excluding hydrogens is 392 g/mol. The molecule has 0 aliphatic heterocycles. The lowest BCUT2D eigenvalue weighted by molar-refractivity contribution is 0.0996. The number of aromatic amines is 1. The Hall–Kier alpha value is -2.45. The Kier molecular flexibility index (Phi) is 4.50. The first-order chi connectivity index (χ1) is 11.5. The maximum absolute atomic E-state index is 12.4. The zero-order chi connectivity index (χ0) is 17.3. The number of halogens is 1. The van der Waals surface area contributed by atoms with Crippen molar-refractivity contribution in [3.8, 4) is 10.4 Å². The van der Waals surface area contributed by atoms with E-state index in [4.69, 9.17) is 5.73 Å². The molecule has 4 N–H and O–H groups in total. The second kappa shape index (κ2) is 6.58. The van der Waals surface area contributed by atoms with E-state index in [-0.39, 0.29) is 11.6 Å². The molecule has 3 rings (SSSR count). The van der Waals surface area contributed by atoms with E-state index in [0.717, 1.165) is 14.9 Å². The summed E-state index contributed by atoms with van der Waals surface area (Å²) in [6, 6.07) is 11.5. The van der Waals surface area contributed by atoms with Gasteiger partial charge >= 0.3 is 0 Å². The van der Waals surface area contributed by atoms with E-state index < -0.39 is 5.91 Å². The molecule has 2 amide bonds. The van der Waals surface area contributed by atoms with Crippen LogP contribution in [0.15, 0.2) is 40.9 Å². The van der Waals surface area contributed by atoms with Crippen molar-refractivity contribution in [2.75, 3.05) is 5.32 Å². The normalized spacial score (nSPS) is 10.6. The van der Waals surface area contributed by atoms with Crippen LogP contribution in [-0.4, -0.2) is 22.0 Å².